The van der Waals surface area contributed by atoms with E-state index in [0.717, 1.165) is 37.3 Å². The van der Waals surface area contributed by atoms with Crippen molar-refractivity contribution in [1.29, 1.82) is 0 Å². The standard InChI is InChI=1S/C12H13N3O/c16-12-13-11-8-4-5-9-14(11)15(12)10-6-2-1-3-7-10/h1-3,6-7H,4-5,8-9H2. The maximum absolute atomic E-state index is 11.8. The molecule has 0 atom stereocenters. The van der Waals surface area contributed by atoms with E-state index in [9.17, 15) is 4.79 Å². The Hall–Kier alpha value is -1.84. The van der Waals surface area contributed by atoms with Gasteiger partial charge in [0, 0.05) is 13.0 Å². The lowest BCUT2D eigenvalue weighted by Gasteiger charge is -2.16. The molecule has 2 aromatic rings. The van der Waals surface area contributed by atoms with Crippen LogP contribution in [0.15, 0.2) is 35.1 Å². The normalized spacial score (nSPS) is 14.8. The number of rotatable bonds is 1. The summed E-state index contributed by atoms with van der Waals surface area (Å²) in [5.74, 6) is 0.917. The van der Waals surface area contributed by atoms with Crippen LogP contribution in [-0.2, 0) is 13.0 Å². The van der Waals surface area contributed by atoms with Gasteiger partial charge in [0.05, 0.1) is 5.69 Å². The number of hydrogen-bond donors (Lipinski definition) is 0. The molecule has 1 aliphatic rings. The largest absolute Gasteiger partial charge is 0.368 e. The summed E-state index contributed by atoms with van der Waals surface area (Å²) in [6, 6.07) is 9.69. The third kappa shape index (κ3) is 1.38. The van der Waals surface area contributed by atoms with Crippen LogP contribution in [0.2, 0.25) is 0 Å². The topological polar surface area (TPSA) is 39.8 Å². The minimum atomic E-state index is -0.164. The van der Waals surface area contributed by atoms with Crippen molar-refractivity contribution in [1.82, 2.24) is 14.3 Å². The van der Waals surface area contributed by atoms with Crippen molar-refractivity contribution in [2.45, 2.75) is 25.8 Å². The van der Waals surface area contributed by atoms with Crippen LogP contribution in [0.3, 0.4) is 0 Å². The van der Waals surface area contributed by atoms with Gasteiger partial charge in [-0.15, -0.1) is 0 Å². The summed E-state index contributed by atoms with van der Waals surface area (Å²) < 4.78 is 3.68. The lowest BCUT2D eigenvalue weighted by atomic mass is 10.2. The molecule has 16 heavy (non-hydrogen) atoms. The van der Waals surface area contributed by atoms with E-state index in [1.54, 1.807) is 4.68 Å². The van der Waals surface area contributed by atoms with Gasteiger partial charge in [0.1, 0.15) is 5.82 Å². The monoisotopic (exact) mass is 215 g/mol. The van der Waals surface area contributed by atoms with Crippen LogP contribution in [0.25, 0.3) is 5.69 Å². The lowest BCUT2D eigenvalue weighted by Crippen LogP contribution is -2.23. The number of benzene rings is 1. The molecule has 4 nitrogen and oxygen atoms in total. The van der Waals surface area contributed by atoms with Crippen molar-refractivity contribution < 1.29 is 0 Å². The van der Waals surface area contributed by atoms with Crippen molar-refractivity contribution >= 4 is 0 Å². The second-order valence-electron chi connectivity index (χ2n) is 4.04. The molecule has 1 aromatic carbocycles. The van der Waals surface area contributed by atoms with Crippen LogP contribution >= 0.6 is 0 Å². The van der Waals surface area contributed by atoms with Crippen LogP contribution in [0.5, 0.6) is 0 Å². The maximum atomic E-state index is 11.8. The van der Waals surface area contributed by atoms with E-state index < -0.39 is 0 Å². The van der Waals surface area contributed by atoms with Gasteiger partial charge in [0.25, 0.3) is 0 Å². The molecule has 0 spiro atoms. The van der Waals surface area contributed by atoms with Crippen LogP contribution in [0.4, 0.5) is 0 Å². The lowest BCUT2D eigenvalue weighted by molar-refractivity contribution is 0.445. The summed E-state index contributed by atoms with van der Waals surface area (Å²) in [5, 5.41) is 0. The van der Waals surface area contributed by atoms with Gasteiger partial charge in [0.15, 0.2) is 0 Å². The van der Waals surface area contributed by atoms with Crippen molar-refractivity contribution in [3.05, 3.63) is 46.6 Å². The summed E-state index contributed by atoms with van der Waals surface area (Å²) in [7, 11) is 0. The Kier molecular flexibility index (Phi) is 2.13. The smallest absolute Gasteiger partial charge is 0.263 e. The molecule has 0 bridgehead atoms. The van der Waals surface area contributed by atoms with Gasteiger partial charge in [-0.1, -0.05) is 18.2 Å². The molecule has 82 valence electrons. The predicted octanol–water partition coefficient (Wildman–Crippen LogP) is 1.37. The highest BCUT2D eigenvalue weighted by molar-refractivity contribution is 5.29. The zero-order valence-electron chi connectivity index (χ0n) is 8.97. The van der Waals surface area contributed by atoms with Gasteiger partial charge in [-0.2, -0.15) is 9.67 Å². The Labute approximate surface area is 93.1 Å². The number of aromatic nitrogens is 3. The average Bonchev–Trinajstić information content (AvgIpc) is 2.66. The fourth-order valence-corrected chi connectivity index (χ4v) is 2.21. The van der Waals surface area contributed by atoms with Gasteiger partial charge in [0.2, 0.25) is 0 Å². The Morgan fingerprint density at radius 3 is 2.75 bits per heavy atom. The Morgan fingerprint density at radius 1 is 1.12 bits per heavy atom. The summed E-state index contributed by atoms with van der Waals surface area (Å²) >= 11 is 0. The Morgan fingerprint density at radius 2 is 1.94 bits per heavy atom. The second kappa shape index (κ2) is 3.63. The van der Waals surface area contributed by atoms with Crippen LogP contribution in [0, 0.1) is 0 Å². The number of para-hydroxylation sites is 1. The first-order valence-corrected chi connectivity index (χ1v) is 5.60. The molecule has 0 N–H and O–H groups in total. The summed E-state index contributed by atoms with van der Waals surface area (Å²) in [4.78, 5) is 15.9. The van der Waals surface area contributed by atoms with Gasteiger partial charge >= 0.3 is 5.69 Å². The fraction of sp³-hybridized carbons (Fsp3) is 0.333. The number of hydrogen-bond acceptors (Lipinski definition) is 2. The molecule has 1 aromatic heterocycles. The first kappa shape index (κ1) is 9.39. The Bertz CT molecular complexity index is 553. The molecule has 1 aliphatic heterocycles. The maximum Gasteiger partial charge on any atom is 0.368 e. The van der Waals surface area contributed by atoms with Gasteiger partial charge in [-0.05, 0) is 25.0 Å². The van der Waals surface area contributed by atoms with Crippen LogP contribution < -0.4 is 5.69 Å². The SMILES string of the molecule is O=c1nc2n(n1-c1ccccc1)CCCC2. The third-order valence-corrected chi connectivity index (χ3v) is 2.97. The minimum absolute atomic E-state index is 0.164. The highest BCUT2D eigenvalue weighted by atomic mass is 16.2. The molecular weight excluding hydrogens is 202 g/mol. The first-order valence-electron chi connectivity index (χ1n) is 5.60. The van der Waals surface area contributed by atoms with E-state index in [1.807, 2.05) is 35.0 Å². The number of aryl methyl sites for hydroxylation is 1. The van der Waals surface area contributed by atoms with E-state index in [1.165, 1.54) is 0 Å². The molecule has 3 rings (SSSR count). The highest BCUT2D eigenvalue weighted by Crippen LogP contribution is 2.13. The van der Waals surface area contributed by atoms with E-state index in [4.69, 9.17) is 0 Å². The molecule has 0 amide bonds. The van der Waals surface area contributed by atoms with Crippen LogP contribution in [0.1, 0.15) is 18.7 Å². The average molecular weight is 215 g/mol. The van der Waals surface area contributed by atoms with Gasteiger partial charge in [-0.25, -0.2) is 4.79 Å². The molecule has 0 saturated carbocycles. The van der Waals surface area contributed by atoms with Crippen LogP contribution in [-0.4, -0.2) is 14.3 Å². The molecule has 0 unspecified atom stereocenters. The van der Waals surface area contributed by atoms with E-state index in [-0.39, 0.29) is 5.69 Å². The summed E-state index contributed by atoms with van der Waals surface area (Å²) in [6.07, 6.45) is 3.16. The molecule has 0 aliphatic carbocycles. The highest BCUT2D eigenvalue weighted by Gasteiger charge is 2.16. The minimum Gasteiger partial charge on any atom is -0.263 e. The zero-order chi connectivity index (χ0) is 11.0. The predicted molar refractivity (Wildman–Crippen MR) is 60.8 cm³/mol. The molecular formula is C12H13N3O. The molecule has 0 radical (unpaired) electrons. The van der Waals surface area contributed by atoms with E-state index in [2.05, 4.69) is 4.98 Å². The van der Waals surface area contributed by atoms with Crippen molar-refractivity contribution in [3.8, 4) is 5.69 Å². The third-order valence-electron chi connectivity index (χ3n) is 2.97. The zero-order valence-corrected chi connectivity index (χ0v) is 8.97. The molecule has 0 saturated heterocycles. The van der Waals surface area contributed by atoms with E-state index in [0.29, 0.717) is 0 Å². The molecule has 2 heterocycles. The van der Waals surface area contributed by atoms with E-state index >= 15 is 0 Å². The fourth-order valence-electron chi connectivity index (χ4n) is 2.21. The number of nitrogens with zero attached hydrogens (tertiary/aromatic N) is 3. The van der Waals surface area contributed by atoms with Crippen molar-refractivity contribution in [2.24, 2.45) is 0 Å². The summed E-state index contributed by atoms with van der Waals surface area (Å²) in [5.41, 5.74) is 0.733. The summed E-state index contributed by atoms with van der Waals surface area (Å²) in [6.45, 7) is 0.888. The number of fused-ring (bicyclic) bond motifs is 1. The second-order valence-corrected chi connectivity index (χ2v) is 4.04. The van der Waals surface area contributed by atoms with Gasteiger partial charge in [-0.3, -0.25) is 4.68 Å². The first-order chi connectivity index (χ1) is 7.86. The van der Waals surface area contributed by atoms with Crippen molar-refractivity contribution in [3.63, 3.8) is 0 Å². The molecule has 0 fully saturated rings. The van der Waals surface area contributed by atoms with Crippen molar-refractivity contribution in [2.75, 3.05) is 0 Å². The molecule has 4 heteroatoms. The Balaban J connectivity index is 2.21. The quantitative estimate of drug-likeness (QED) is 0.720. The van der Waals surface area contributed by atoms with Gasteiger partial charge < -0.3 is 0 Å².